The predicted octanol–water partition coefficient (Wildman–Crippen LogP) is 1.20. The largest absolute Gasteiger partial charge is 0.285 e. The molecule has 2 bridgehead atoms. The number of likely N-dealkylation sites (tertiary alicyclic amines) is 1. The number of carbonyl (C=O) groups is 2. The van der Waals surface area contributed by atoms with Crippen LogP contribution in [0.3, 0.4) is 0 Å². The summed E-state index contributed by atoms with van der Waals surface area (Å²) in [6.45, 7) is 0. The van der Waals surface area contributed by atoms with Gasteiger partial charge in [0.25, 0.3) is 0 Å². The van der Waals surface area contributed by atoms with Gasteiger partial charge in [-0.15, -0.1) is 0 Å². The number of imide groups is 1. The summed E-state index contributed by atoms with van der Waals surface area (Å²) in [7, 11) is 1.60. The normalized spacial score (nSPS) is 43.4. The fourth-order valence-electron chi connectivity index (χ4n) is 3.40. The van der Waals surface area contributed by atoms with Crippen LogP contribution < -0.4 is 0 Å². The number of nitrogens with zero attached hydrogens (tertiary/aromatic N) is 1. The Morgan fingerprint density at radius 2 is 2.07 bits per heavy atom. The van der Waals surface area contributed by atoms with Crippen LogP contribution in [-0.4, -0.2) is 23.8 Å². The molecule has 0 spiro atoms. The molecule has 0 N–H and O–H groups in total. The van der Waals surface area contributed by atoms with E-state index in [9.17, 15) is 9.59 Å². The third-order valence-electron chi connectivity index (χ3n) is 4.26. The van der Waals surface area contributed by atoms with Gasteiger partial charge in [0, 0.05) is 13.5 Å². The van der Waals surface area contributed by atoms with Crippen molar-refractivity contribution >= 4 is 11.8 Å². The number of hydrogen-bond donors (Lipinski definition) is 0. The molecule has 0 aromatic heterocycles. The standard InChI is InChI=1S/C12H15NO2/c1-13-11(14)6-10(12(13)15)9-5-7-2-3-8(9)4-7/h2-3,7-10H,4-6H2,1H3. The Kier molecular flexibility index (Phi) is 1.79. The highest BCUT2D eigenvalue weighted by atomic mass is 16.2. The molecule has 15 heavy (non-hydrogen) atoms. The van der Waals surface area contributed by atoms with Crippen molar-refractivity contribution in [2.45, 2.75) is 19.3 Å². The van der Waals surface area contributed by atoms with Crippen molar-refractivity contribution in [2.24, 2.45) is 23.7 Å². The topological polar surface area (TPSA) is 37.4 Å². The lowest BCUT2D eigenvalue weighted by Gasteiger charge is -2.22. The van der Waals surface area contributed by atoms with E-state index in [-0.39, 0.29) is 17.7 Å². The summed E-state index contributed by atoms with van der Waals surface area (Å²) in [4.78, 5) is 24.6. The molecule has 4 atom stereocenters. The minimum absolute atomic E-state index is 0.00301. The van der Waals surface area contributed by atoms with E-state index in [1.165, 1.54) is 11.3 Å². The first kappa shape index (κ1) is 9.13. The summed E-state index contributed by atoms with van der Waals surface area (Å²) in [5.41, 5.74) is 0. The van der Waals surface area contributed by atoms with Crippen LogP contribution in [0, 0.1) is 23.7 Å². The molecule has 80 valence electrons. The van der Waals surface area contributed by atoms with Crippen LogP contribution in [0.1, 0.15) is 19.3 Å². The van der Waals surface area contributed by atoms with Crippen molar-refractivity contribution in [1.29, 1.82) is 0 Å². The molecule has 0 aromatic carbocycles. The quantitative estimate of drug-likeness (QED) is 0.476. The Bertz CT molecular complexity index is 361. The zero-order valence-corrected chi connectivity index (χ0v) is 8.85. The third-order valence-corrected chi connectivity index (χ3v) is 4.26. The number of amides is 2. The van der Waals surface area contributed by atoms with Crippen molar-refractivity contribution in [1.82, 2.24) is 4.90 Å². The van der Waals surface area contributed by atoms with Crippen LogP contribution >= 0.6 is 0 Å². The lowest BCUT2D eigenvalue weighted by Crippen LogP contribution is -2.29. The molecule has 2 aliphatic carbocycles. The second kappa shape index (κ2) is 2.94. The van der Waals surface area contributed by atoms with E-state index in [4.69, 9.17) is 0 Å². The highest BCUT2D eigenvalue weighted by Crippen LogP contribution is 2.48. The average Bonchev–Trinajstić information content (AvgIpc) is 2.89. The minimum atomic E-state index is -0.0255. The molecule has 0 radical (unpaired) electrons. The molecule has 1 heterocycles. The van der Waals surface area contributed by atoms with Crippen molar-refractivity contribution in [3.8, 4) is 0 Å². The van der Waals surface area contributed by atoms with E-state index in [1.807, 2.05) is 0 Å². The number of rotatable bonds is 1. The van der Waals surface area contributed by atoms with Crippen LogP contribution in [0.4, 0.5) is 0 Å². The molecule has 2 amide bonds. The lowest BCUT2D eigenvalue weighted by atomic mass is 9.81. The van der Waals surface area contributed by atoms with Gasteiger partial charge in [-0.2, -0.15) is 0 Å². The zero-order chi connectivity index (χ0) is 10.6. The zero-order valence-electron chi connectivity index (χ0n) is 8.85. The highest BCUT2D eigenvalue weighted by Gasteiger charge is 2.47. The molecule has 1 aliphatic heterocycles. The van der Waals surface area contributed by atoms with E-state index in [0.29, 0.717) is 24.2 Å². The summed E-state index contributed by atoms with van der Waals surface area (Å²) in [5, 5.41) is 0. The predicted molar refractivity (Wildman–Crippen MR) is 54.7 cm³/mol. The molecule has 3 rings (SSSR count). The maximum absolute atomic E-state index is 11.9. The molecule has 1 saturated carbocycles. The molecule has 1 saturated heterocycles. The van der Waals surface area contributed by atoms with E-state index in [1.54, 1.807) is 7.05 Å². The summed E-state index contributed by atoms with van der Waals surface area (Å²) in [5.74, 6) is 1.68. The third kappa shape index (κ3) is 1.18. The van der Waals surface area contributed by atoms with Gasteiger partial charge in [-0.25, -0.2) is 0 Å². The fourth-order valence-corrected chi connectivity index (χ4v) is 3.40. The number of hydrogen-bond acceptors (Lipinski definition) is 2. The molecular weight excluding hydrogens is 190 g/mol. The number of carbonyl (C=O) groups excluding carboxylic acids is 2. The maximum atomic E-state index is 11.9. The van der Waals surface area contributed by atoms with Gasteiger partial charge in [0.1, 0.15) is 0 Å². The van der Waals surface area contributed by atoms with Crippen molar-refractivity contribution in [3.05, 3.63) is 12.2 Å². The van der Waals surface area contributed by atoms with Crippen LogP contribution in [0.25, 0.3) is 0 Å². The van der Waals surface area contributed by atoms with Gasteiger partial charge in [0.05, 0.1) is 5.92 Å². The van der Waals surface area contributed by atoms with E-state index >= 15 is 0 Å². The second-order valence-corrected chi connectivity index (χ2v) is 5.05. The van der Waals surface area contributed by atoms with Crippen molar-refractivity contribution < 1.29 is 9.59 Å². The van der Waals surface area contributed by atoms with Gasteiger partial charge >= 0.3 is 0 Å². The first-order chi connectivity index (χ1) is 7.16. The Balaban J connectivity index is 1.82. The fraction of sp³-hybridized carbons (Fsp3) is 0.667. The molecule has 3 nitrogen and oxygen atoms in total. The first-order valence-corrected chi connectivity index (χ1v) is 5.65. The van der Waals surface area contributed by atoms with Gasteiger partial charge in [0.2, 0.25) is 11.8 Å². The number of fused-ring (bicyclic) bond motifs is 2. The van der Waals surface area contributed by atoms with Crippen LogP contribution in [0.15, 0.2) is 12.2 Å². The Hall–Kier alpha value is -1.12. The molecule has 3 aliphatic rings. The van der Waals surface area contributed by atoms with E-state index < -0.39 is 0 Å². The first-order valence-electron chi connectivity index (χ1n) is 5.65. The van der Waals surface area contributed by atoms with Gasteiger partial charge in [-0.05, 0) is 30.6 Å². The summed E-state index contributed by atoms with van der Waals surface area (Å²) >= 11 is 0. The van der Waals surface area contributed by atoms with Gasteiger partial charge < -0.3 is 0 Å². The maximum Gasteiger partial charge on any atom is 0.232 e. The Morgan fingerprint density at radius 3 is 2.53 bits per heavy atom. The average molecular weight is 205 g/mol. The number of allylic oxidation sites excluding steroid dienone is 2. The summed E-state index contributed by atoms with van der Waals surface area (Å²) < 4.78 is 0. The van der Waals surface area contributed by atoms with Crippen LogP contribution in [0.2, 0.25) is 0 Å². The minimum Gasteiger partial charge on any atom is -0.285 e. The lowest BCUT2D eigenvalue weighted by molar-refractivity contribution is -0.138. The molecule has 4 unspecified atom stereocenters. The van der Waals surface area contributed by atoms with Crippen LogP contribution in [0.5, 0.6) is 0 Å². The second-order valence-electron chi connectivity index (χ2n) is 5.05. The monoisotopic (exact) mass is 205 g/mol. The Morgan fingerprint density at radius 1 is 1.27 bits per heavy atom. The van der Waals surface area contributed by atoms with Crippen molar-refractivity contribution in [2.75, 3.05) is 7.05 Å². The van der Waals surface area contributed by atoms with Gasteiger partial charge in [0.15, 0.2) is 0 Å². The van der Waals surface area contributed by atoms with Gasteiger partial charge in [-0.1, -0.05) is 12.2 Å². The molecule has 0 aromatic rings. The van der Waals surface area contributed by atoms with Gasteiger partial charge in [-0.3, -0.25) is 14.5 Å². The summed E-state index contributed by atoms with van der Waals surface area (Å²) in [6.07, 6.45) is 7.27. The summed E-state index contributed by atoms with van der Waals surface area (Å²) in [6, 6.07) is 0. The van der Waals surface area contributed by atoms with E-state index in [2.05, 4.69) is 12.2 Å². The smallest absolute Gasteiger partial charge is 0.232 e. The van der Waals surface area contributed by atoms with Crippen LogP contribution in [-0.2, 0) is 9.59 Å². The molecule has 3 heteroatoms. The highest BCUT2D eigenvalue weighted by molar-refractivity contribution is 6.03. The Labute approximate surface area is 89.1 Å². The molecule has 2 fully saturated rings. The van der Waals surface area contributed by atoms with Crippen molar-refractivity contribution in [3.63, 3.8) is 0 Å². The molecular formula is C12H15NO2. The SMILES string of the molecule is CN1C(=O)CC(C2CC3C=CC2C3)C1=O. The van der Waals surface area contributed by atoms with E-state index in [0.717, 1.165) is 6.42 Å².